The lowest BCUT2D eigenvalue weighted by molar-refractivity contribution is -0.123. The molecule has 0 aliphatic heterocycles. The van der Waals surface area contributed by atoms with Crippen molar-refractivity contribution in [3.05, 3.63) is 83.6 Å². The molecule has 188 valence electrons. The van der Waals surface area contributed by atoms with E-state index in [4.69, 9.17) is 30.8 Å². The van der Waals surface area contributed by atoms with Crippen molar-refractivity contribution >= 4 is 28.5 Å². The van der Waals surface area contributed by atoms with E-state index >= 15 is 0 Å². The number of hydrogen-bond acceptors (Lipinski definition) is 5. The molecule has 4 aromatic rings. The minimum Gasteiger partial charge on any atom is -0.497 e. The van der Waals surface area contributed by atoms with Gasteiger partial charge in [0.25, 0.3) is 5.91 Å². The first-order chi connectivity index (χ1) is 17.6. The van der Waals surface area contributed by atoms with Crippen molar-refractivity contribution in [2.24, 2.45) is 0 Å². The van der Waals surface area contributed by atoms with Crippen molar-refractivity contribution in [1.29, 1.82) is 0 Å². The summed E-state index contributed by atoms with van der Waals surface area (Å²) in [4.78, 5) is 17.0. The Morgan fingerprint density at radius 2 is 1.61 bits per heavy atom. The number of ether oxygens (including phenoxy) is 3. The van der Waals surface area contributed by atoms with Crippen LogP contribution in [-0.2, 0) is 17.8 Å². The molecule has 0 aliphatic carbocycles. The zero-order chi connectivity index (χ0) is 25.2. The molecular formula is C28H30ClN3O4. The average molecular weight is 508 g/mol. The lowest BCUT2D eigenvalue weighted by atomic mass is 10.2. The van der Waals surface area contributed by atoms with E-state index in [0.717, 1.165) is 54.2 Å². The number of carbonyl (C=O) groups excluding carboxylic acids is 1. The number of nitrogens with one attached hydrogen (secondary N) is 1. The van der Waals surface area contributed by atoms with E-state index in [1.54, 1.807) is 31.4 Å². The molecule has 1 amide bonds. The fourth-order valence-corrected chi connectivity index (χ4v) is 3.98. The lowest BCUT2D eigenvalue weighted by Gasteiger charge is -2.11. The Balaban J connectivity index is 1.24. The third kappa shape index (κ3) is 7.15. The third-order valence-electron chi connectivity index (χ3n) is 5.67. The van der Waals surface area contributed by atoms with Crippen LogP contribution in [0.25, 0.3) is 11.0 Å². The van der Waals surface area contributed by atoms with Gasteiger partial charge in [-0.25, -0.2) is 4.98 Å². The maximum atomic E-state index is 12.1. The topological polar surface area (TPSA) is 74.6 Å². The van der Waals surface area contributed by atoms with Gasteiger partial charge in [-0.1, -0.05) is 23.7 Å². The highest BCUT2D eigenvalue weighted by Gasteiger charge is 2.11. The lowest BCUT2D eigenvalue weighted by Crippen LogP contribution is -2.30. The van der Waals surface area contributed by atoms with Gasteiger partial charge in [-0.2, -0.15) is 0 Å². The van der Waals surface area contributed by atoms with Crippen molar-refractivity contribution in [3.8, 4) is 17.2 Å². The molecule has 0 radical (unpaired) electrons. The molecule has 36 heavy (non-hydrogen) atoms. The Morgan fingerprint density at radius 1 is 0.917 bits per heavy atom. The Hall–Kier alpha value is -3.71. The highest BCUT2D eigenvalue weighted by molar-refractivity contribution is 6.30. The van der Waals surface area contributed by atoms with Gasteiger partial charge in [-0.3, -0.25) is 4.79 Å². The Labute approximate surface area is 216 Å². The SMILES string of the molecule is COc1ccc(OCCCn2c(CCCNC(=O)COc3ccc(Cl)cc3)nc3ccccc32)cc1. The van der Waals surface area contributed by atoms with Gasteiger partial charge >= 0.3 is 0 Å². The van der Waals surface area contributed by atoms with Gasteiger partial charge in [-0.15, -0.1) is 0 Å². The molecule has 0 saturated carbocycles. The number of rotatable bonds is 13. The summed E-state index contributed by atoms with van der Waals surface area (Å²) >= 11 is 5.86. The monoisotopic (exact) mass is 507 g/mol. The van der Waals surface area contributed by atoms with Crippen LogP contribution in [0.3, 0.4) is 0 Å². The van der Waals surface area contributed by atoms with Crippen molar-refractivity contribution < 1.29 is 19.0 Å². The second-order valence-corrected chi connectivity index (χ2v) is 8.68. The molecular weight excluding hydrogens is 478 g/mol. The number of imidazole rings is 1. The molecule has 0 spiro atoms. The number of carbonyl (C=O) groups is 1. The van der Waals surface area contributed by atoms with Gasteiger partial charge in [0, 0.05) is 24.5 Å². The molecule has 3 aromatic carbocycles. The van der Waals surface area contributed by atoms with Crippen molar-refractivity contribution in [2.75, 3.05) is 26.9 Å². The molecule has 8 heteroatoms. The summed E-state index contributed by atoms with van der Waals surface area (Å²) in [5, 5.41) is 3.54. The molecule has 7 nitrogen and oxygen atoms in total. The quantitative estimate of drug-likeness (QED) is 0.249. The van der Waals surface area contributed by atoms with Gasteiger partial charge in [0.2, 0.25) is 0 Å². The molecule has 4 rings (SSSR count). The average Bonchev–Trinajstić information content (AvgIpc) is 3.26. The van der Waals surface area contributed by atoms with E-state index in [0.29, 0.717) is 23.9 Å². The number of methoxy groups -OCH3 is 1. The number of para-hydroxylation sites is 2. The van der Waals surface area contributed by atoms with Crippen molar-refractivity contribution in [1.82, 2.24) is 14.9 Å². The zero-order valence-electron chi connectivity index (χ0n) is 20.3. The molecule has 0 unspecified atom stereocenters. The summed E-state index contributed by atoms with van der Waals surface area (Å²) in [5.41, 5.74) is 2.08. The van der Waals surface area contributed by atoms with Gasteiger partial charge in [0.05, 0.1) is 24.8 Å². The largest absolute Gasteiger partial charge is 0.497 e. The second kappa shape index (κ2) is 12.8. The number of halogens is 1. The Bertz CT molecular complexity index is 1260. The van der Waals surface area contributed by atoms with Gasteiger partial charge in [0.15, 0.2) is 6.61 Å². The van der Waals surface area contributed by atoms with Crippen LogP contribution in [0, 0.1) is 0 Å². The highest BCUT2D eigenvalue weighted by Crippen LogP contribution is 2.20. The van der Waals surface area contributed by atoms with Crippen LogP contribution in [0.1, 0.15) is 18.7 Å². The van der Waals surface area contributed by atoms with E-state index in [9.17, 15) is 4.79 Å². The molecule has 1 heterocycles. The molecule has 0 fully saturated rings. The zero-order valence-corrected chi connectivity index (χ0v) is 21.0. The molecule has 0 bridgehead atoms. The number of amides is 1. The minimum absolute atomic E-state index is 0.0334. The molecule has 0 aliphatic rings. The van der Waals surface area contributed by atoms with Crippen LogP contribution >= 0.6 is 11.6 Å². The highest BCUT2D eigenvalue weighted by atomic mass is 35.5. The second-order valence-electron chi connectivity index (χ2n) is 8.24. The standard InChI is InChI=1S/C28H30ClN3O4/c1-34-22-13-15-23(16-14-22)35-19-5-18-32-26-7-3-2-6-25(26)31-27(32)8-4-17-30-28(33)20-36-24-11-9-21(29)10-12-24/h2-3,6-7,9-16H,4-5,8,17-20H2,1H3,(H,30,33). The molecule has 1 N–H and O–H groups in total. The van der Waals surface area contributed by atoms with E-state index in [1.807, 2.05) is 42.5 Å². The van der Waals surface area contributed by atoms with Gasteiger partial charge in [-0.05, 0) is 73.5 Å². The number of nitrogens with zero attached hydrogens (tertiary/aromatic N) is 2. The van der Waals surface area contributed by atoms with Crippen LogP contribution in [0.15, 0.2) is 72.8 Å². The number of aryl methyl sites for hydroxylation is 2. The van der Waals surface area contributed by atoms with Crippen LogP contribution in [0.5, 0.6) is 17.2 Å². The van der Waals surface area contributed by atoms with E-state index in [2.05, 4.69) is 16.0 Å². The minimum atomic E-state index is -0.158. The Morgan fingerprint density at radius 3 is 2.39 bits per heavy atom. The van der Waals surface area contributed by atoms with Crippen LogP contribution in [0.2, 0.25) is 5.02 Å². The fourth-order valence-electron chi connectivity index (χ4n) is 3.86. The van der Waals surface area contributed by atoms with Crippen LogP contribution in [0.4, 0.5) is 0 Å². The summed E-state index contributed by atoms with van der Waals surface area (Å²) in [5.74, 6) is 3.09. The van der Waals surface area contributed by atoms with Gasteiger partial charge < -0.3 is 24.1 Å². The van der Waals surface area contributed by atoms with E-state index in [1.165, 1.54) is 0 Å². The maximum absolute atomic E-state index is 12.1. The van der Waals surface area contributed by atoms with Crippen LogP contribution < -0.4 is 19.5 Å². The summed E-state index contributed by atoms with van der Waals surface area (Å²) in [6, 6.07) is 22.7. The molecule has 0 atom stereocenters. The number of aromatic nitrogens is 2. The molecule has 1 aromatic heterocycles. The first-order valence-electron chi connectivity index (χ1n) is 12.0. The number of hydrogen-bond donors (Lipinski definition) is 1. The number of fused-ring (bicyclic) bond motifs is 1. The van der Waals surface area contributed by atoms with E-state index in [-0.39, 0.29) is 12.5 Å². The molecule has 0 saturated heterocycles. The summed E-state index contributed by atoms with van der Waals surface area (Å²) in [6.07, 6.45) is 2.38. The summed E-state index contributed by atoms with van der Waals surface area (Å²) < 4.78 is 18.8. The first-order valence-corrected chi connectivity index (χ1v) is 12.4. The predicted octanol–water partition coefficient (Wildman–Crippen LogP) is 5.30. The first kappa shape index (κ1) is 25.4. The maximum Gasteiger partial charge on any atom is 0.257 e. The van der Waals surface area contributed by atoms with Gasteiger partial charge in [0.1, 0.15) is 23.1 Å². The van der Waals surface area contributed by atoms with E-state index < -0.39 is 0 Å². The summed E-state index contributed by atoms with van der Waals surface area (Å²) in [7, 11) is 1.65. The Kier molecular flexibility index (Phi) is 9.05. The van der Waals surface area contributed by atoms with Crippen molar-refractivity contribution in [2.45, 2.75) is 25.8 Å². The normalized spacial score (nSPS) is 10.8. The predicted molar refractivity (Wildman–Crippen MR) is 141 cm³/mol. The van der Waals surface area contributed by atoms with Crippen LogP contribution in [-0.4, -0.2) is 42.3 Å². The number of benzene rings is 3. The summed E-state index contributed by atoms with van der Waals surface area (Å²) in [6.45, 7) is 1.91. The smallest absolute Gasteiger partial charge is 0.257 e. The third-order valence-corrected chi connectivity index (χ3v) is 5.92. The fraction of sp³-hybridized carbons (Fsp3) is 0.286. The van der Waals surface area contributed by atoms with Crippen molar-refractivity contribution in [3.63, 3.8) is 0 Å².